The first-order valence-electron chi connectivity index (χ1n) is 7.00. The second-order valence-electron chi connectivity index (χ2n) is 5.00. The second kappa shape index (κ2) is 6.34. The number of esters is 1. The summed E-state index contributed by atoms with van der Waals surface area (Å²) in [5, 5.41) is 0.501. The van der Waals surface area contributed by atoms with Crippen molar-refractivity contribution < 1.29 is 9.53 Å². The molecule has 0 unspecified atom stereocenters. The molecule has 0 spiro atoms. The molecule has 23 heavy (non-hydrogen) atoms. The van der Waals surface area contributed by atoms with Gasteiger partial charge in [-0.15, -0.1) is 0 Å². The van der Waals surface area contributed by atoms with Crippen LogP contribution in [0.4, 0.5) is 0 Å². The van der Waals surface area contributed by atoms with E-state index in [1.54, 1.807) is 49.4 Å². The minimum atomic E-state index is -0.674. The molecule has 5 nitrogen and oxygen atoms in total. The Balaban J connectivity index is 1.89. The monoisotopic (exact) mass is 372 g/mol. The molecule has 116 valence electrons. The lowest BCUT2D eigenvalue weighted by atomic mass is 10.2. The number of carbonyl (C=O) groups excluding carboxylic acids is 1. The molecule has 0 radical (unpaired) electrons. The van der Waals surface area contributed by atoms with Crippen LogP contribution in [0.25, 0.3) is 10.9 Å². The summed E-state index contributed by atoms with van der Waals surface area (Å²) in [6.45, 7) is 1.67. The highest BCUT2D eigenvalue weighted by atomic mass is 79.9. The molecule has 0 saturated heterocycles. The Kier molecular flexibility index (Phi) is 4.25. The zero-order valence-corrected chi connectivity index (χ0v) is 13.8. The molecular weight excluding hydrogens is 360 g/mol. The van der Waals surface area contributed by atoms with Gasteiger partial charge in [-0.2, -0.15) is 0 Å². The fraction of sp³-hybridized carbons (Fsp3) is 0.118. The molecule has 6 heteroatoms. The van der Waals surface area contributed by atoms with E-state index in [1.165, 1.54) is 0 Å². The van der Waals surface area contributed by atoms with Gasteiger partial charge in [-0.3, -0.25) is 4.79 Å². The van der Waals surface area contributed by atoms with E-state index in [1.807, 2.05) is 6.07 Å². The van der Waals surface area contributed by atoms with Gasteiger partial charge in [0.1, 0.15) is 0 Å². The van der Waals surface area contributed by atoms with Gasteiger partial charge in [0.15, 0.2) is 11.9 Å². The number of carbonyl (C=O) groups is 1. The van der Waals surface area contributed by atoms with E-state index in [2.05, 4.69) is 25.9 Å². The Morgan fingerprint density at radius 1 is 1.17 bits per heavy atom. The van der Waals surface area contributed by atoms with Crippen molar-refractivity contribution in [2.45, 2.75) is 13.0 Å². The molecule has 1 atom stereocenters. The Morgan fingerprint density at radius 3 is 2.65 bits per heavy atom. The molecule has 1 N–H and O–H groups in total. The van der Waals surface area contributed by atoms with Crippen LogP contribution < -0.4 is 5.56 Å². The van der Waals surface area contributed by atoms with Gasteiger partial charge in [0.05, 0.1) is 16.5 Å². The smallest absolute Gasteiger partial charge is 0.339 e. The van der Waals surface area contributed by atoms with Crippen LogP contribution in [-0.2, 0) is 4.74 Å². The van der Waals surface area contributed by atoms with Crippen molar-refractivity contribution in [3.63, 3.8) is 0 Å². The molecule has 0 aliphatic heterocycles. The molecule has 0 amide bonds. The summed E-state index contributed by atoms with van der Waals surface area (Å²) < 4.78 is 6.06. The van der Waals surface area contributed by atoms with Crippen LogP contribution >= 0.6 is 15.9 Å². The van der Waals surface area contributed by atoms with Crippen molar-refractivity contribution in [1.82, 2.24) is 9.97 Å². The third-order valence-electron chi connectivity index (χ3n) is 3.39. The average molecular weight is 373 g/mol. The standard InChI is InChI=1S/C17H13BrN2O3/c1-10(23-17(22)11-6-2-4-8-13(11)18)15-19-14-9-5-3-7-12(14)16(21)20-15/h2-10H,1H3,(H,19,20,21)/t10-/m0/s1. The molecule has 0 aliphatic rings. The maximum atomic E-state index is 12.2. The number of rotatable bonds is 3. The molecule has 3 rings (SSSR count). The van der Waals surface area contributed by atoms with Crippen molar-refractivity contribution in [3.05, 3.63) is 74.7 Å². The van der Waals surface area contributed by atoms with Crippen LogP contribution in [0.3, 0.4) is 0 Å². The first kappa shape index (κ1) is 15.4. The summed E-state index contributed by atoms with van der Waals surface area (Å²) in [7, 11) is 0. The van der Waals surface area contributed by atoms with Gasteiger partial charge < -0.3 is 9.72 Å². The average Bonchev–Trinajstić information content (AvgIpc) is 2.55. The first-order valence-corrected chi connectivity index (χ1v) is 7.80. The van der Waals surface area contributed by atoms with Crippen LogP contribution in [0.15, 0.2) is 57.8 Å². The lowest BCUT2D eigenvalue weighted by molar-refractivity contribution is 0.0319. The predicted molar refractivity (Wildman–Crippen MR) is 90.3 cm³/mol. The number of benzene rings is 2. The molecular formula is C17H13BrN2O3. The molecule has 0 aliphatic carbocycles. The van der Waals surface area contributed by atoms with Gasteiger partial charge in [0, 0.05) is 4.47 Å². The lowest BCUT2D eigenvalue weighted by Crippen LogP contribution is -2.17. The number of aromatic amines is 1. The van der Waals surface area contributed by atoms with Gasteiger partial charge >= 0.3 is 5.97 Å². The van der Waals surface area contributed by atoms with Crippen molar-refractivity contribution in [3.8, 4) is 0 Å². The summed E-state index contributed by atoms with van der Waals surface area (Å²) in [6, 6.07) is 14.0. The number of H-pyrrole nitrogens is 1. The van der Waals surface area contributed by atoms with E-state index in [4.69, 9.17) is 4.74 Å². The number of halogens is 1. The quantitative estimate of drug-likeness (QED) is 0.712. The van der Waals surface area contributed by atoms with Crippen molar-refractivity contribution >= 4 is 32.8 Å². The third kappa shape index (κ3) is 3.17. The minimum Gasteiger partial charge on any atom is -0.451 e. The number of hydrogen-bond acceptors (Lipinski definition) is 4. The summed E-state index contributed by atoms with van der Waals surface area (Å²) in [5.74, 6) is -0.171. The summed E-state index contributed by atoms with van der Waals surface area (Å²) >= 11 is 3.31. The third-order valence-corrected chi connectivity index (χ3v) is 4.09. The maximum absolute atomic E-state index is 12.2. The molecule has 0 fully saturated rings. The number of nitrogens with one attached hydrogen (secondary N) is 1. The molecule has 0 saturated carbocycles. The lowest BCUT2D eigenvalue weighted by Gasteiger charge is -2.13. The van der Waals surface area contributed by atoms with Crippen LogP contribution in [0.2, 0.25) is 0 Å². The van der Waals surface area contributed by atoms with Gasteiger partial charge in [-0.25, -0.2) is 9.78 Å². The van der Waals surface area contributed by atoms with Crippen molar-refractivity contribution in [2.24, 2.45) is 0 Å². The van der Waals surface area contributed by atoms with Gasteiger partial charge in [-0.05, 0) is 47.1 Å². The largest absolute Gasteiger partial charge is 0.451 e. The van der Waals surface area contributed by atoms with E-state index >= 15 is 0 Å². The summed E-state index contributed by atoms with van der Waals surface area (Å²) in [5.41, 5.74) is 0.729. The van der Waals surface area contributed by atoms with Crippen LogP contribution in [-0.4, -0.2) is 15.9 Å². The molecule has 1 heterocycles. The van der Waals surface area contributed by atoms with Crippen molar-refractivity contribution in [2.75, 3.05) is 0 Å². The highest BCUT2D eigenvalue weighted by Crippen LogP contribution is 2.21. The molecule has 0 bridgehead atoms. The SMILES string of the molecule is C[C@H](OC(=O)c1ccccc1Br)c1nc2ccccc2c(=O)[nH]1. The number of ether oxygens (including phenoxy) is 1. The minimum absolute atomic E-state index is 0.255. The second-order valence-corrected chi connectivity index (χ2v) is 5.85. The zero-order valence-electron chi connectivity index (χ0n) is 12.2. The van der Waals surface area contributed by atoms with Gasteiger partial charge in [-0.1, -0.05) is 24.3 Å². The zero-order chi connectivity index (χ0) is 16.4. The van der Waals surface area contributed by atoms with E-state index in [0.717, 1.165) is 0 Å². The van der Waals surface area contributed by atoms with E-state index in [0.29, 0.717) is 26.8 Å². The molecule has 2 aromatic carbocycles. The number of hydrogen-bond donors (Lipinski definition) is 1. The topological polar surface area (TPSA) is 72.0 Å². The summed E-state index contributed by atoms with van der Waals surface area (Å²) in [6.07, 6.45) is -0.674. The Labute approximate surface area is 140 Å². The van der Waals surface area contributed by atoms with Gasteiger partial charge in [0.25, 0.3) is 5.56 Å². The van der Waals surface area contributed by atoms with E-state index in [-0.39, 0.29) is 5.56 Å². The Bertz CT molecular complexity index is 936. The number of nitrogens with zero attached hydrogens (tertiary/aromatic N) is 1. The van der Waals surface area contributed by atoms with Crippen LogP contribution in [0.5, 0.6) is 0 Å². The predicted octanol–water partition coefficient (Wildman–Crippen LogP) is 3.60. The van der Waals surface area contributed by atoms with Crippen molar-refractivity contribution in [1.29, 1.82) is 0 Å². The highest BCUT2D eigenvalue weighted by molar-refractivity contribution is 9.10. The molecule has 1 aromatic heterocycles. The summed E-state index contributed by atoms with van der Waals surface area (Å²) in [4.78, 5) is 31.3. The Morgan fingerprint density at radius 2 is 1.87 bits per heavy atom. The fourth-order valence-corrected chi connectivity index (χ4v) is 2.65. The number of fused-ring (bicyclic) bond motifs is 1. The van der Waals surface area contributed by atoms with E-state index in [9.17, 15) is 9.59 Å². The normalized spacial score (nSPS) is 12.1. The number of para-hydroxylation sites is 1. The fourth-order valence-electron chi connectivity index (χ4n) is 2.20. The van der Waals surface area contributed by atoms with Crippen LogP contribution in [0.1, 0.15) is 29.2 Å². The maximum Gasteiger partial charge on any atom is 0.339 e. The van der Waals surface area contributed by atoms with Crippen LogP contribution in [0, 0.1) is 0 Å². The van der Waals surface area contributed by atoms with E-state index < -0.39 is 12.1 Å². The van der Waals surface area contributed by atoms with Gasteiger partial charge in [0.2, 0.25) is 0 Å². The number of aromatic nitrogens is 2. The Hall–Kier alpha value is -2.47. The molecule has 3 aromatic rings. The first-order chi connectivity index (χ1) is 11.1. The highest BCUT2D eigenvalue weighted by Gasteiger charge is 2.18.